The number of hydrogen-bond acceptors (Lipinski definition) is 4. The van der Waals surface area contributed by atoms with Crippen LogP contribution in [-0.2, 0) is 9.53 Å². The van der Waals surface area contributed by atoms with Crippen molar-refractivity contribution < 1.29 is 14.3 Å². The molecule has 0 heterocycles. The van der Waals surface area contributed by atoms with Gasteiger partial charge in [-0.25, -0.2) is 0 Å². The number of nitrogens with two attached hydrogens (primary N) is 1. The second kappa shape index (κ2) is 6.22. The molecule has 0 saturated heterocycles. The van der Waals surface area contributed by atoms with E-state index in [1.807, 2.05) is 6.92 Å². The first-order valence-corrected chi connectivity index (χ1v) is 6.06. The van der Waals surface area contributed by atoms with E-state index in [0.717, 1.165) is 5.56 Å². The Kier molecular flexibility index (Phi) is 4.92. The van der Waals surface area contributed by atoms with Crippen LogP contribution in [0.25, 0.3) is 0 Å². The molecule has 19 heavy (non-hydrogen) atoms. The van der Waals surface area contributed by atoms with Gasteiger partial charge in [0.25, 0.3) is 5.91 Å². The van der Waals surface area contributed by atoms with Crippen molar-refractivity contribution in [3.8, 4) is 0 Å². The van der Waals surface area contributed by atoms with E-state index in [0.29, 0.717) is 17.8 Å². The van der Waals surface area contributed by atoms with Crippen LogP contribution >= 0.6 is 0 Å². The van der Waals surface area contributed by atoms with Crippen molar-refractivity contribution in [2.24, 2.45) is 5.92 Å². The number of ether oxygens (including phenoxy) is 1. The highest BCUT2D eigenvalue weighted by Gasteiger charge is 2.19. The molecular formula is C14H20N2O3. The van der Waals surface area contributed by atoms with Gasteiger partial charge >= 0.3 is 5.97 Å². The lowest BCUT2D eigenvalue weighted by Crippen LogP contribution is -2.34. The molecule has 0 fully saturated rings. The Hall–Kier alpha value is -2.04. The van der Waals surface area contributed by atoms with Crippen molar-refractivity contribution in [1.29, 1.82) is 0 Å². The molecule has 1 rings (SSSR count). The van der Waals surface area contributed by atoms with E-state index in [-0.39, 0.29) is 17.8 Å². The molecule has 0 bridgehead atoms. The zero-order valence-electron chi connectivity index (χ0n) is 11.8. The van der Waals surface area contributed by atoms with E-state index in [4.69, 9.17) is 5.73 Å². The minimum absolute atomic E-state index is 0.140. The molecule has 1 unspecified atom stereocenters. The number of anilines is 1. The molecule has 0 radical (unpaired) electrons. The maximum Gasteiger partial charge on any atom is 0.310 e. The summed E-state index contributed by atoms with van der Waals surface area (Å²) in [6, 6.07) is 5.14. The molecule has 2 N–H and O–H groups in total. The molecule has 5 nitrogen and oxygen atoms in total. The predicted octanol–water partition coefficient (Wildman–Crippen LogP) is 1.46. The number of carbonyl (C=O) groups is 2. The molecule has 0 aromatic heterocycles. The molecule has 104 valence electrons. The fraction of sp³-hybridized carbons (Fsp3) is 0.429. The van der Waals surface area contributed by atoms with Crippen molar-refractivity contribution in [1.82, 2.24) is 4.90 Å². The smallest absolute Gasteiger partial charge is 0.310 e. The molecule has 0 aliphatic rings. The van der Waals surface area contributed by atoms with Gasteiger partial charge in [-0.1, -0.05) is 6.92 Å². The predicted molar refractivity (Wildman–Crippen MR) is 73.7 cm³/mol. The summed E-state index contributed by atoms with van der Waals surface area (Å²) in [5.41, 5.74) is 7.79. The summed E-state index contributed by atoms with van der Waals surface area (Å²) in [6.45, 7) is 3.89. The summed E-state index contributed by atoms with van der Waals surface area (Å²) < 4.78 is 4.64. The van der Waals surface area contributed by atoms with Crippen molar-refractivity contribution in [3.63, 3.8) is 0 Å². The first-order chi connectivity index (χ1) is 8.86. The average Bonchev–Trinajstić information content (AvgIpc) is 2.39. The number of methoxy groups -OCH3 is 1. The van der Waals surface area contributed by atoms with Crippen LogP contribution in [0.15, 0.2) is 18.2 Å². The van der Waals surface area contributed by atoms with E-state index >= 15 is 0 Å². The van der Waals surface area contributed by atoms with Crippen LogP contribution in [0.2, 0.25) is 0 Å². The Bertz CT molecular complexity index is 486. The largest absolute Gasteiger partial charge is 0.469 e. The highest BCUT2D eigenvalue weighted by molar-refractivity contribution is 5.95. The average molecular weight is 264 g/mol. The van der Waals surface area contributed by atoms with Gasteiger partial charge in [0.1, 0.15) is 0 Å². The third-order valence-corrected chi connectivity index (χ3v) is 3.01. The zero-order valence-corrected chi connectivity index (χ0v) is 11.8. The van der Waals surface area contributed by atoms with Crippen molar-refractivity contribution in [3.05, 3.63) is 29.3 Å². The lowest BCUT2D eigenvalue weighted by molar-refractivity contribution is -0.145. The highest BCUT2D eigenvalue weighted by Crippen LogP contribution is 2.14. The quantitative estimate of drug-likeness (QED) is 0.660. The Morgan fingerprint density at radius 2 is 2.05 bits per heavy atom. The van der Waals surface area contributed by atoms with Gasteiger partial charge in [0, 0.05) is 24.8 Å². The van der Waals surface area contributed by atoms with Gasteiger partial charge in [-0.05, 0) is 30.7 Å². The van der Waals surface area contributed by atoms with Crippen LogP contribution in [0.1, 0.15) is 22.8 Å². The Morgan fingerprint density at radius 3 is 2.58 bits per heavy atom. The monoisotopic (exact) mass is 264 g/mol. The molecule has 0 saturated carbocycles. The van der Waals surface area contributed by atoms with Crippen molar-refractivity contribution >= 4 is 17.6 Å². The minimum atomic E-state index is -0.353. The summed E-state index contributed by atoms with van der Waals surface area (Å²) in [7, 11) is 3.00. The number of nitrogen functional groups attached to an aromatic ring is 1. The third kappa shape index (κ3) is 3.71. The topological polar surface area (TPSA) is 72.6 Å². The summed E-state index contributed by atoms with van der Waals surface area (Å²) in [5.74, 6) is -0.819. The van der Waals surface area contributed by atoms with Crippen LogP contribution in [0.4, 0.5) is 5.69 Å². The number of hydrogen-bond donors (Lipinski definition) is 1. The van der Waals surface area contributed by atoms with E-state index < -0.39 is 0 Å². The molecule has 5 heteroatoms. The summed E-state index contributed by atoms with van der Waals surface area (Å²) >= 11 is 0. The molecular weight excluding hydrogens is 244 g/mol. The van der Waals surface area contributed by atoms with Crippen molar-refractivity contribution in [2.75, 3.05) is 26.4 Å². The number of esters is 1. The van der Waals surface area contributed by atoms with Crippen molar-refractivity contribution in [2.45, 2.75) is 13.8 Å². The van der Waals surface area contributed by atoms with Gasteiger partial charge in [0.2, 0.25) is 0 Å². The van der Waals surface area contributed by atoms with Crippen LogP contribution in [0, 0.1) is 12.8 Å². The highest BCUT2D eigenvalue weighted by atomic mass is 16.5. The molecule has 1 aromatic carbocycles. The molecule has 1 atom stereocenters. The standard InChI is InChI=1S/C14H20N2O3/c1-9-7-11(5-6-12(9)15)13(17)16(3)8-10(2)14(18)19-4/h5-7,10H,8,15H2,1-4H3. The minimum Gasteiger partial charge on any atom is -0.469 e. The number of benzene rings is 1. The number of carbonyl (C=O) groups excluding carboxylic acids is 2. The third-order valence-electron chi connectivity index (χ3n) is 3.01. The van der Waals surface area contributed by atoms with Gasteiger partial charge in [0.15, 0.2) is 0 Å². The van der Waals surface area contributed by atoms with Crippen LogP contribution in [-0.4, -0.2) is 37.5 Å². The van der Waals surface area contributed by atoms with E-state index in [1.165, 1.54) is 12.0 Å². The van der Waals surface area contributed by atoms with Gasteiger partial charge in [0.05, 0.1) is 13.0 Å². The lowest BCUT2D eigenvalue weighted by atomic mass is 10.1. The second-order valence-electron chi connectivity index (χ2n) is 4.68. The van der Waals surface area contributed by atoms with E-state index in [1.54, 1.807) is 32.2 Å². The number of rotatable bonds is 4. The first kappa shape index (κ1) is 15.0. The fourth-order valence-electron chi connectivity index (χ4n) is 1.80. The van der Waals surface area contributed by atoms with Crippen LogP contribution < -0.4 is 5.73 Å². The zero-order chi connectivity index (χ0) is 14.6. The van der Waals surface area contributed by atoms with Gasteiger partial charge in [-0.3, -0.25) is 9.59 Å². The molecule has 1 aromatic rings. The Balaban J connectivity index is 2.76. The second-order valence-corrected chi connectivity index (χ2v) is 4.68. The van der Waals surface area contributed by atoms with Crippen LogP contribution in [0.5, 0.6) is 0 Å². The first-order valence-electron chi connectivity index (χ1n) is 6.06. The number of amides is 1. The maximum atomic E-state index is 12.2. The lowest BCUT2D eigenvalue weighted by Gasteiger charge is -2.20. The summed E-state index contributed by atoms with van der Waals surface area (Å²) in [6.07, 6.45) is 0. The van der Waals surface area contributed by atoms with E-state index in [9.17, 15) is 9.59 Å². The Morgan fingerprint density at radius 1 is 1.42 bits per heavy atom. The molecule has 0 aliphatic carbocycles. The fourth-order valence-corrected chi connectivity index (χ4v) is 1.80. The summed E-state index contributed by atoms with van der Waals surface area (Å²) in [4.78, 5) is 25.0. The number of aryl methyl sites for hydroxylation is 1. The number of nitrogens with zero attached hydrogens (tertiary/aromatic N) is 1. The van der Waals surface area contributed by atoms with Gasteiger partial charge in [-0.2, -0.15) is 0 Å². The molecule has 1 amide bonds. The molecule has 0 aliphatic heterocycles. The SMILES string of the molecule is COC(=O)C(C)CN(C)C(=O)c1ccc(N)c(C)c1. The van der Waals surface area contributed by atoms with Crippen LogP contribution in [0.3, 0.4) is 0 Å². The van der Waals surface area contributed by atoms with Gasteiger partial charge in [-0.15, -0.1) is 0 Å². The molecule has 0 spiro atoms. The summed E-state index contributed by atoms with van der Waals surface area (Å²) in [5, 5.41) is 0. The normalized spacial score (nSPS) is 11.8. The van der Waals surface area contributed by atoms with E-state index in [2.05, 4.69) is 4.74 Å². The Labute approximate surface area is 113 Å². The van der Waals surface area contributed by atoms with Gasteiger partial charge < -0.3 is 15.4 Å². The maximum absolute atomic E-state index is 12.2.